The third kappa shape index (κ3) is 3.90. The van der Waals surface area contributed by atoms with Gasteiger partial charge >= 0.3 is 5.97 Å². The molecule has 0 unspecified atom stereocenters. The van der Waals surface area contributed by atoms with E-state index in [1.165, 1.54) is 0 Å². The second-order valence-corrected chi connectivity index (χ2v) is 7.51. The Kier molecular flexibility index (Phi) is 5.75. The predicted octanol–water partition coefficient (Wildman–Crippen LogP) is 3.96. The summed E-state index contributed by atoms with van der Waals surface area (Å²) in [6.07, 6.45) is 0.706. The molecule has 1 aliphatic rings. The van der Waals surface area contributed by atoms with E-state index in [9.17, 15) is 14.4 Å². The Hall–Kier alpha value is -2.79. The van der Waals surface area contributed by atoms with Crippen LogP contribution in [0.2, 0.25) is 0 Å². The lowest BCUT2D eigenvalue weighted by Crippen LogP contribution is -2.27. The largest absolute Gasteiger partial charge is 0.463 e. The van der Waals surface area contributed by atoms with Crippen LogP contribution in [0.25, 0.3) is 0 Å². The molecule has 146 valence electrons. The Bertz CT molecular complexity index is 926. The van der Waals surface area contributed by atoms with Gasteiger partial charge in [-0.15, -0.1) is 0 Å². The minimum absolute atomic E-state index is 0.136. The zero-order chi connectivity index (χ0) is 20.3. The molecule has 0 amide bonds. The van der Waals surface area contributed by atoms with Gasteiger partial charge in [-0.3, -0.25) is 14.4 Å². The summed E-state index contributed by atoms with van der Waals surface area (Å²) in [6, 6.07) is 12.0. The van der Waals surface area contributed by atoms with Gasteiger partial charge in [0.15, 0.2) is 11.6 Å². The van der Waals surface area contributed by atoms with Crippen LogP contribution >= 0.6 is 0 Å². The van der Waals surface area contributed by atoms with E-state index in [0.717, 1.165) is 5.56 Å². The zero-order valence-electron chi connectivity index (χ0n) is 16.4. The monoisotopic (exact) mass is 380 g/mol. The van der Waals surface area contributed by atoms with Crippen LogP contribution in [-0.4, -0.2) is 30.7 Å². The summed E-state index contributed by atoms with van der Waals surface area (Å²) >= 11 is 0. The Morgan fingerprint density at radius 3 is 2.14 bits per heavy atom. The van der Waals surface area contributed by atoms with E-state index in [1.54, 1.807) is 42.5 Å². The number of ether oxygens (including phenoxy) is 2. The number of benzene rings is 2. The van der Waals surface area contributed by atoms with Gasteiger partial charge < -0.3 is 9.47 Å². The van der Waals surface area contributed by atoms with Crippen LogP contribution in [0, 0.1) is 5.41 Å². The van der Waals surface area contributed by atoms with E-state index in [0.29, 0.717) is 28.7 Å². The minimum Gasteiger partial charge on any atom is -0.463 e. The number of esters is 1. The van der Waals surface area contributed by atoms with Crippen molar-refractivity contribution in [3.8, 4) is 0 Å². The van der Waals surface area contributed by atoms with E-state index in [4.69, 9.17) is 9.47 Å². The first-order valence-corrected chi connectivity index (χ1v) is 9.41. The zero-order valence-corrected chi connectivity index (χ0v) is 16.4. The van der Waals surface area contributed by atoms with Crippen molar-refractivity contribution < 1.29 is 23.9 Å². The van der Waals surface area contributed by atoms with Crippen molar-refractivity contribution in [2.45, 2.75) is 33.8 Å². The van der Waals surface area contributed by atoms with Crippen molar-refractivity contribution in [1.82, 2.24) is 0 Å². The van der Waals surface area contributed by atoms with Gasteiger partial charge in [-0.25, -0.2) is 0 Å². The average molecular weight is 380 g/mol. The van der Waals surface area contributed by atoms with E-state index in [-0.39, 0.29) is 37.4 Å². The molecule has 0 N–H and O–H groups in total. The molecule has 0 radical (unpaired) electrons. The highest BCUT2D eigenvalue weighted by Crippen LogP contribution is 2.28. The van der Waals surface area contributed by atoms with Crippen molar-refractivity contribution in [3.05, 3.63) is 70.3 Å². The molecule has 0 heterocycles. The van der Waals surface area contributed by atoms with Crippen LogP contribution in [-0.2, 0) is 20.9 Å². The topological polar surface area (TPSA) is 69.7 Å². The highest BCUT2D eigenvalue weighted by Gasteiger charge is 2.29. The molecule has 1 aliphatic carbocycles. The van der Waals surface area contributed by atoms with Gasteiger partial charge in [-0.2, -0.15) is 0 Å². The third-order valence-corrected chi connectivity index (χ3v) is 5.16. The summed E-state index contributed by atoms with van der Waals surface area (Å²) in [5.41, 5.74) is 2.00. The molecule has 0 aliphatic heterocycles. The van der Waals surface area contributed by atoms with Crippen LogP contribution in [0.1, 0.15) is 64.6 Å². The summed E-state index contributed by atoms with van der Waals surface area (Å²) in [5.74, 6) is -0.527. The fourth-order valence-electron chi connectivity index (χ4n) is 2.96. The number of fused-ring (bicyclic) bond motifs is 2. The Morgan fingerprint density at radius 1 is 0.893 bits per heavy atom. The van der Waals surface area contributed by atoms with Crippen molar-refractivity contribution >= 4 is 17.5 Å². The minimum atomic E-state index is -0.498. The number of carbonyl (C=O) groups excluding carboxylic acids is 3. The lowest BCUT2D eigenvalue weighted by Gasteiger charge is -2.20. The average Bonchev–Trinajstić information content (AvgIpc) is 2.71. The van der Waals surface area contributed by atoms with Crippen molar-refractivity contribution in [2.24, 2.45) is 5.41 Å². The summed E-state index contributed by atoms with van der Waals surface area (Å²) in [5, 5.41) is 0. The molecule has 2 aromatic carbocycles. The Labute approximate surface area is 164 Å². The van der Waals surface area contributed by atoms with Gasteiger partial charge in [0.1, 0.15) is 6.61 Å². The predicted molar refractivity (Wildman–Crippen MR) is 104 cm³/mol. The Balaban J connectivity index is 1.60. The van der Waals surface area contributed by atoms with Gasteiger partial charge in [0.2, 0.25) is 0 Å². The standard InChI is InChI=1S/C23H24O5/c1-4-23(2,3)22(26)28-12-11-27-14-15-9-10-18-19(13-15)21(25)17-8-6-5-7-16(17)20(18)24/h5-10,13H,4,11-12,14H2,1-3H3. The summed E-state index contributed by atoms with van der Waals surface area (Å²) in [4.78, 5) is 37.2. The third-order valence-electron chi connectivity index (χ3n) is 5.16. The Morgan fingerprint density at radius 2 is 1.50 bits per heavy atom. The molecule has 3 rings (SSSR count). The quantitative estimate of drug-likeness (QED) is 0.458. The van der Waals surface area contributed by atoms with E-state index >= 15 is 0 Å². The molecule has 0 atom stereocenters. The van der Waals surface area contributed by atoms with Gasteiger partial charge in [0, 0.05) is 22.3 Å². The summed E-state index contributed by atoms with van der Waals surface area (Å²) in [7, 11) is 0. The number of rotatable bonds is 7. The molecule has 0 bridgehead atoms. The molecular formula is C23H24O5. The summed E-state index contributed by atoms with van der Waals surface area (Å²) in [6.45, 7) is 6.35. The van der Waals surface area contributed by atoms with Gasteiger partial charge in [0.05, 0.1) is 18.6 Å². The molecule has 0 saturated carbocycles. The van der Waals surface area contributed by atoms with Gasteiger partial charge in [0.25, 0.3) is 0 Å². The van der Waals surface area contributed by atoms with Crippen LogP contribution in [0.5, 0.6) is 0 Å². The van der Waals surface area contributed by atoms with E-state index in [1.807, 2.05) is 20.8 Å². The second kappa shape index (κ2) is 8.07. The number of ketones is 2. The van der Waals surface area contributed by atoms with Crippen molar-refractivity contribution in [2.75, 3.05) is 13.2 Å². The maximum Gasteiger partial charge on any atom is 0.311 e. The molecule has 28 heavy (non-hydrogen) atoms. The first-order valence-electron chi connectivity index (χ1n) is 9.41. The molecule has 0 saturated heterocycles. The number of hydrogen-bond acceptors (Lipinski definition) is 5. The van der Waals surface area contributed by atoms with Crippen LogP contribution in [0.4, 0.5) is 0 Å². The van der Waals surface area contributed by atoms with Crippen molar-refractivity contribution in [1.29, 1.82) is 0 Å². The highest BCUT2D eigenvalue weighted by atomic mass is 16.6. The number of hydrogen-bond donors (Lipinski definition) is 0. The fourth-order valence-corrected chi connectivity index (χ4v) is 2.96. The lowest BCUT2D eigenvalue weighted by molar-refractivity contribution is -0.155. The molecule has 2 aromatic rings. The molecule has 5 nitrogen and oxygen atoms in total. The van der Waals surface area contributed by atoms with Gasteiger partial charge in [-0.05, 0) is 38.0 Å². The van der Waals surface area contributed by atoms with Crippen LogP contribution in [0.3, 0.4) is 0 Å². The maximum absolute atomic E-state index is 12.7. The highest BCUT2D eigenvalue weighted by molar-refractivity contribution is 6.28. The van der Waals surface area contributed by atoms with E-state index < -0.39 is 5.41 Å². The first kappa shape index (κ1) is 20.0. The first-order chi connectivity index (χ1) is 13.3. The smallest absolute Gasteiger partial charge is 0.311 e. The van der Waals surface area contributed by atoms with Crippen LogP contribution in [0.15, 0.2) is 42.5 Å². The fraction of sp³-hybridized carbons (Fsp3) is 0.348. The van der Waals surface area contributed by atoms with Crippen LogP contribution < -0.4 is 0 Å². The number of carbonyl (C=O) groups is 3. The summed E-state index contributed by atoms with van der Waals surface area (Å²) < 4.78 is 10.8. The second-order valence-electron chi connectivity index (χ2n) is 7.51. The molecular weight excluding hydrogens is 356 g/mol. The SMILES string of the molecule is CCC(C)(C)C(=O)OCCOCc1ccc2c(c1)C(=O)c1ccccc1C2=O. The lowest BCUT2D eigenvalue weighted by atomic mass is 9.83. The molecule has 5 heteroatoms. The normalized spacial score (nSPS) is 13.1. The molecule has 0 spiro atoms. The van der Waals surface area contributed by atoms with E-state index in [2.05, 4.69) is 0 Å². The molecule has 0 aromatic heterocycles. The maximum atomic E-state index is 12.7. The van der Waals surface area contributed by atoms with Gasteiger partial charge in [-0.1, -0.05) is 37.3 Å². The molecule has 0 fully saturated rings. The van der Waals surface area contributed by atoms with Crippen molar-refractivity contribution in [3.63, 3.8) is 0 Å².